The molecule has 0 amide bonds. The number of aliphatic hydroxyl groups is 7. The van der Waals surface area contributed by atoms with Gasteiger partial charge in [0.15, 0.2) is 12.4 Å². The van der Waals surface area contributed by atoms with E-state index >= 15 is 0 Å². The van der Waals surface area contributed by atoms with Gasteiger partial charge in [-0.05, 0) is 54.4 Å². The number of methoxy groups -OCH3 is 4. The molecule has 0 aliphatic rings. The van der Waals surface area contributed by atoms with Crippen molar-refractivity contribution in [2.45, 2.75) is 67.0 Å². The number of rotatable bonds is 16. The number of benzene rings is 5. The van der Waals surface area contributed by atoms with Crippen molar-refractivity contribution in [3.05, 3.63) is 146 Å². The van der Waals surface area contributed by atoms with Crippen molar-refractivity contribution in [3.8, 4) is 28.7 Å². The van der Waals surface area contributed by atoms with Crippen LogP contribution >= 0.6 is 11.6 Å². The molecule has 7 N–H and O–H groups in total. The van der Waals surface area contributed by atoms with Gasteiger partial charge in [-0.15, -0.1) is 0 Å². The van der Waals surface area contributed by atoms with Crippen molar-refractivity contribution in [2.75, 3.05) is 35.0 Å². The maximum atomic E-state index is 10.5. The molecule has 0 radical (unpaired) electrons. The van der Waals surface area contributed by atoms with Gasteiger partial charge in [-0.1, -0.05) is 81.1 Å². The Morgan fingerprint density at radius 3 is 1.52 bits per heavy atom. The lowest BCUT2D eigenvalue weighted by atomic mass is 10.0. The van der Waals surface area contributed by atoms with Gasteiger partial charge in [-0.25, -0.2) is 0 Å². The average Bonchev–Trinajstić information content (AvgIpc) is 3.30. The molecule has 2 unspecified atom stereocenters. The van der Waals surface area contributed by atoms with Crippen LogP contribution < -0.4 is 23.7 Å². The first-order chi connectivity index (χ1) is 28.9. The summed E-state index contributed by atoms with van der Waals surface area (Å²) in [5, 5.41) is 65.6. The quantitative estimate of drug-likeness (QED) is 0.0521. The van der Waals surface area contributed by atoms with Crippen LogP contribution in [0.4, 0.5) is 0 Å². The second-order valence-corrected chi connectivity index (χ2v) is 13.0. The molecule has 340 valence electrons. The van der Waals surface area contributed by atoms with Crippen LogP contribution in [-0.4, -0.2) is 89.5 Å². The highest BCUT2D eigenvalue weighted by Gasteiger charge is 2.24. The lowest BCUT2D eigenvalue weighted by Gasteiger charge is -2.24. The number of para-hydroxylation sites is 1. The van der Waals surface area contributed by atoms with E-state index in [0.29, 0.717) is 73.3 Å². The minimum absolute atomic E-state index is 0. The van der Waals surface area contributed by atoms with Gasteiger partial charge in [0.05, 0.1) is 73.1 Å². The fraction of sp³-hybridized carbons (Fsp3) is 0.319. The molecule has 0 heterocycles. The molecular formula is C47H61ClO14. The van der Waals surface area contributed by atoms with E-state index in [4.69, 9.17) is 50.6 Å². The van der Waals surface area contributed by atoms with E-state index in [-0.39, 0.29) is 47.9 Å². The Labute approximate surface area is 369 Å². The van der Waals surface area contributed by atoms with Crippen molar-refractivity contribution in [3.63, 3.8) is 0 Å². The number of hydrogen-bond donors (Lipinski definition) is 7. The Hall–Kier alpha value is -5.55. The summed E-state index contributed by atoms with van der Waals surface area (Å²) < 4.78 is 25.8. The molecule has 62 heavy (non-hydrogen) atoms. The lowest BCUT2D eigenvalue weighted by Crippen LogP contribution is -2.29. The molecule has 14 nitrogen and oxygen atoms in total. The zero-order valence-electron chi connectivity index (χ0n) is 34.1. The van der Waals surface area contributed by atoms with Crippen molar-refractivity contribution in [1.82, 2.24) is 0 Å². The zero-order chi connectivity index (χ0) is 44.6. The monoisotopic (exact) mass is 884 g/mol. The van der Waals surface area contributed by atoms with Crippen LogP contribution in [0.5, 0.6) is 28.7 Å². The molecule has 0 spiro atoms. The number of halogens is 1. The molecule has 0 aromatic heterocycles. The van der Waals surface area contributed by atoms with E-state index in [9.17, 15) is 30.0 Å². The van der Waals surface area contributed by atoms with Gasteiger partial charge in [0.1, 0.15) is 41.1 Å². The van der Waals surface area contributed by atoms with Gasteiger partial charge in [-0.2, -0.15) is 0 Å². The lowest BCUT2D eigenvalue weighted by molar-refractivity contribution is -0.000340. The molecular weight excluding hydrogens is 824 g/mol. The first-order valence-electron chi connectivity index (χ1n) is 18.3. The summed E-state index contributed by atoms with van der Waals surface area (Å²) in [7, 11) is 6.05. The Morgan fingerprint density at radius 2 is 1.02 bits per heavy atom. The van der Waals surface area contributed by atoms with E-state index in [1.807, 2.05) is 25.1 Å². The van der Waals surface area contributed by atoms with Gasteiger partial charge >= 0.3 is 0 Å². The van der Waals surface area contributed by atoms with Crippen molar-refractivity contribution >= 4 is 24.2 Å². The largest absolute Gasteiger partial charge is 0.496 e. The highest BCUT2D eigenvalue weighted by molar-refractivity contribution is 6.33. The fourth-order valence-corrected chi connectivity index (χ4v) is 5.60. The van der Waals surface area contributed by atoms with Crippen LogP contribution in [0.1, 0.15) is 80.6 Å². The van der Waals surface area contributed by atoms with E-state index in [1.165, 1.54) is 33.5 Å². The molecule has 5 aromatic rings. The van der Waals surface area contributed by atoms with Crippen molar-refractivity contribution < 1.29 is 69.0 Å². The average molecular weight is 885 g/mol. The molecule has 5 rings (SSSR count). The topological polar surface area (TPSA) is 222 Å². The number of aryl methyl sites for hydroxylation is 1. The van der Waals surface area contributed by atoms with E-state index in [0.717, 1.165) is 23.2 Å². The number of aliphatic hydroxyl groups excluding tert-OH is 7. The molecule has 0 bridgehead atoms. The minimum atomic E-state index is -1.11. The normalized spacial score (nSPS) is 10.8. The third-order valence-corrected chi connectivity index (χ3v) is 9.03. The maximum Gasteiger partial charge on any atom is 0.152 e. The van der Waals surface area contributed by atoms with Gasteiger partial charge in [0.2, 0.25) is 0 Å². The summed E-state index contributed by atoms with van der Waals surface area (Å²) in [5.74, 6) is 2.61. The highest BCUT2D eigenvalue weighted by atomic mass is 35.5. The molecule has 0 saturated carbocycles. The van der Waals surface area contributed by atoms with Crippen LogP contribution in [0.25, 0.3) is 0 Å². The van der Waals surface area contributed by atoms with Gasteiger partial charge < -0.3 is 59.4 Å². The zero-order valence-corrected chi connectivity index (χ0v) is 34.8. The number of aldehydes is 2. The Balaban J connectivity index is 0.000000841. The second kappa shape index (κ2) is 30.5. The Morgan fingerprint density at radius 1 is 0.548 bits per heavy atom. The number of carbonyl (C=O) groups is 2. The number of carbonyl (C=O) groups excluding carboxylic acids is 2. The van der Waals surface area contributed by atoms with E-state index in [1.54, 1.807) is 67.8 Å². The molecule has 0 saturated heterocycles. The van der Waals surface area contributed by atoms with Crippen molar-refractivity contribution in [1.29, 1.82) is 0 Å². The third kappa shape index (κ3) is 16.7. The maximum absolute atomic E-state index is 10.5. The van der Waals surface area contributed by atoms with Crippen LogP contribution in [0.15, 0.2) is 91.0 Å². The van der Waals surface area contributed by atoms with Gasteiger partial charge in [0, 0.05) is 38.9 Å². The smallest absolute Gasteiger partial charge is 0.152 e. The number of ether oxygens (including phenoxy) is 5. The first-order valence-corrected chi connectivity index (χ1v) is 18.7. The number of hydrogen-bond acceptors (Lipinski definition) is 14. The Kier molecular flexibility index (Phi) is 27.7. The molecule has 0 aliphatic carbocycles. The predicted molar refractivity (Wildman–Crippen MR) is 238 cm³/mol. The minimum Gasteiger partial charge on any atom is -0.496 e. The van der Waals surface area contributed by atoms with E-state index in [2.05, 4.69) is 0 Å². The Bertz CT molecular complexity index is 2070. The first kappa shape index (κ1) is 56.5. The van der Waals surface area contributed by atoms with Gasteiger partial charge in [-0.3, -0.25) is 9.59 Å². The summed E-state index contributed by atoms with van der Waals surface area (Å²) in [6.07, 6.45) is -0.638. The summed E-state index contributed by atoms with van der Waals surface area (Å²) in [6, 6.07) is 25.4. The molecule has 15 heteroatoms. The summed E-state index contributed by atoms with van der Waals surface area (Å²) in [4.78, 5) is 20.8. The third-order valence-electron chi connectivity index (χ3n) is 8.70. The molecule has 2 atom stereocenters. The predicted octanol–water partition coefficient (Wildman–Crippen LogP) is 6.57. The molecule has 0 aliphatic heterocycles. The summed E-state index contributed by atoms with van der Waals surface area (Å²) in [6.45, 7) is 0.981. The standard InChI is InChI=1S/C18H22O6.C9H9ClO3.C9H10O3.C9H12O2.2CH4/c1-23-16-8-12(6-7-14(16)10-20)18(22)17(11-21)24-15-5-3-2-4-13(15)9-19;1-13-9-3-6(4-11)8(10)2-7(9)5-12;1-12-9-4-7(5-10)2-3-8(9)6-11;1-7-3-4-8(6-10)9(5-7)11-2;;/h2-8,17-22H,9-11H2,1H3;2-4,12H,5H2,1H3;2-5,11H,6H2,1H3;3-5,10H,6H2,1-2H3;2*1H4. The van der Waals surface area contributed by atoms with E-state index < -0.39 is 18.8 Å². The summed E-state index contributed by atoms with van der Waals surface area (Å²) in [5.41, 5.74) is 5.78. The highest BCUT2D eigenvalue weighted by Crippen LogP contribution is 2.29. The van der Waals surface area contributed by atoms with Crippen molar-refractivity contribution in [2.24, 2.45) is 0 Å². The summed E-state index contributed by atoms with van der Waals surface area (Å²) >= 11 is 5.74. The van der Waals surface area contributed by atoms with Crippen LogP contribution in [0, 0.1) is 6.92 Å². The van der Waals surface area contributed by atoms with Crippen LogP contribution in [0.3, 0.4) is 0 Å². The molecule has 0 fully saturated rings. The van der Waals surface area contributed by atoms with Crippen LogP contribution in [-0.2, 0) is 33.0 Å². The fourth-order valence-electron chi connectivity index (χ4n) is 5.37. The van der Waals surface area contributed by atoms with Gasteiger partial charge in [0.25, 0.3) is 0 Å². The molecule has 5 aromatic carbocycles. The van der Waals surface area contributed by atoms with Crippen LogP contribution in [0.2, 0.25) is 5.02 Å². The second-order valence-electron chi connectivity index (χ2n) is 12.6. The SMILES string of the molecule is C.C.COc1cc(C(O)C(CO)Oc2ccccc2CO)ccc1CO.COc1cc(C)ccc1CO.COc1cc(C=O)c(Cl)cc1CO.COc1cc(C=O)ccc1CO.